The highest BCUT2D eigenvalue weighted by atomic mass is 28.4. The average Bonchev–Trinajstić information content (AvgIpc) is 3.25. The van der Waals surface area contributed by atoms with Crippen molar-refractivity contribution in [3.63, 3.8) is 0 Å². The predicted octanol–water partition coefficient (Wildman–Crippen LogP) is 7.51. The van der Waals surface area contributed by atoms with Gasteiger partial charge in [-0.15, -0.1) is 0 Å². The zero-order valence-corrected chi connectivity index (χ0v) is 31.4. The molecule has 9 nitrogen and oxygen atoms in total. The molecule has 2 heterocycles. The fourth-order valence-corrected chi connectivity index (χ4v) is 19.0. The summed E-state index contributed by atoms with van der Waals surface area (Å²) in [5.41, 5.74) is 1.74. The highest BCUT2D eigenvalue weighted by Crippen LogP contribution is 2.47. The highest BCUT2D eigenvalue weighted by Gasteiger charge is 2.55. The van der Waals surface area contributed by atoms with Crippen molar-refractivity contribution in [2.75, 3.05) is 11.9 Å². The number of aromatic nitrogens is 2. The number of nitrogens with one attached hydrogen (secondary N) is 1. The molecule has 252 valence electrons. The molecule has 0 bridgehead atoms. The molecule has 45 heavy (non-hydrogen) atoms. The van der Waals surface area contributed by atoms with E-state index in [4.69, 9.17) is 13.6 Å². The number of carbonyl (C=O) groups is 1. The highest BCUT2D eigenvalue weighted by molar-refractivity contribution is 6.78. The predicted molar refractivity (Wildman–Crippen MR) is 186 cm³/mol. The number of hydrogen-bond acceptors (Lipinski definition) is 7. The Labute approximate surface area is 272 Å². The molecule has 2 N–H and O–H groups in total. The van der Waals surface area contributed by atoms with E-state index >= 15 is 0 Å². The normalized spacial score (nSPS) is 21.2. The number of rotatable bonds is 14. The number of amides is 1. The Kier molecular flexibility index (Phi) is 12.6. The minimum absolute atomic E-state index is 0.137. The fraction of sp³-hybridized carbons (Fsp3) is 0.676. The van der Waals surface area contributed by atoms with Crippen LogP contribution in [0.15, 0.2) is 47.4 Å². The van der Waals surface area contributed by atoms with Crippen molar-refractivity contribution in [1.29, 1.82) is 0 Å². The number of benzene rings is 1. The van der Waals surface area contributed by atoms with Crippen LogP contribution in [0.1, 0.15) is 99.7 Å². The van der Waals surface area contributed by atoms with E-state index in [-0.39, 0.29) is 35.0 Å². The van der Waals surface area contributed by atoms with Crippen LogP contribution >= 0.6 is 0 Å². The van der Waals surface area contributed by atoms with E-state index in [2.05, 4.69) is 93.4 Å². The second-order valence-electron chi connectivity index (χ2n) is 14.4. The maximum Gasteiger partial charge on any atom is 0.351 e. The zero-order chi connectivity index (χ0) is 33.9. The number of nitrogens with zero attached hydrogens (tertiary/aromatic N) is 2. The van der Waals surface area contributed by atoms with Crippen LogP contribution in [0.5, 0.6) is 0 Å². The third kappa shape index (κ3) is 7.54. The summed E-state index contributed by atoms with van der Waals surface area (Å²) in [6.45, 7) is 26.7. The van der Waals surface area contributed by atoms with Gasteiger partial charge in [0.2, 0.25) is 8.32 Å². The van der Waals surface area contributed by atoms with Crippen LogP contribution in [-0.2, 0) is 13.6 Å². The first kappa shape index (κ1) is 37.3. The van der Waals surface area contributed by atoms with Crippen molar-refractivity contribution in [3.05, 3.63) is 58.6 Å². The first-order valence-corrected chi connectivity index (χ1v) is 20.9. The van der Waals surface area contributed by atoms with Crippen LogP contribution in [0, 0.1) is 0 Å². The zero-order valence-electron chi connectivity index (χ0n) is 29.4. The van der Waals surface area contributed by atoms with Gasteiger partial charge in [0, 0.05) is 11.8 Å². The van der Waals surface area contributed by atoms with Gasteiger partial charge in [0.05, 0.1) is 6.61 Å². The van der Waals surface area contributed by atoms with Crippen molar-refractivity contribution >= 4 is 28.4 Å². The van der Waals surface area contributed by atoms with Crippen LogP contribution in [0.25, 0.3) is 0 Å². The third-order valence-electron chi connectivity index (χ3n) is 9.95. The lowest BCUT2D eigenvalue weighted by Crippen LogP contribution is -2.54. The second kappa shape index (κ2) is 15.2. The smallest absolute Gasteiger partial charge is 0.351 e. The average molecular weight is 660 g/mol. The molecule has 11 heteroatoms. The van der Waals surface area contributed by atoms with Crippen LogP contribution in [0.2, 0.25) is 33.2 Å². The molecule has 1 amide bonds. The maximum atomic E-state index is 13.5. The Balaban J connectivity index is 2.01. The van der Waals surface area contributed by atoms with Crippen molar-refractivity contribution in [3.8, 4) is 0 Å². The van der Waals surface area contributed by atoms with Gasteiger partial charge in [-0.3, -0.25) is 9.36 Å². The number of ether oxygens (including phenoxy) is 1. The van der Waals surface area contributed by atoms with Crippen molar-refractivity contribution in [2.24, 2.45) is 0 Å². The lowest BCUT2D eigenvalue weighted by Gasteiger charge is -2.45. The van der Waals surface area contributed by atoms with Crippen molar-refractivity contribution in [2.45, 2.75) is 141 Å². The van der Waals surface area contributed by atoms with Gasteiger partial charge in [-0.25, -0.2) is 4.79 Å². The Morgan fingerprint density at radius 2 is 1.38 bits per heavy atom. The lowest BCUT2D eigenvalue weighted by atomic mass is 10.1. The monoisotopic (exact) mass is 659 g/mol. The molecule has 0 spiro atoms. The molecule has 1 aromatic heterocycles. The maximum absolute atomic E-state index is 13.5. The number of carbonyl (C=O) groups excluding carboxylic acids is 1. The Bertz CT molecular complexity index is 1270. The standard InChI is InChI=1S/C34H57N3O6Si2/c1-21(2)44(22(3)4,23(5)6)41-20-28-30(38)31(43-45(24(7)8,25(9)10)26(11)12)33(42-28)37-19-18-29(36-34(37)40)35-32(39)27-16-14-13-15-17-27/h13-19,21-26,28,30-31,33,38H,20H2,1-12H3,(H,35,36,39,40)/t28-,30-,31-,33-/m1/s1. The van der Waals surface area contributed by atoms with Gasteiger partial charge in [0.1, 0.15) is 24.1 Å². The van der Waals surface area contributed by atoms with Gasteiger partial charge >= 0.3 is 5.69 Å². The van der Waals surface area contributed by atoms with E-state index < -0.39 is 46.9 Å². The van der Waals surface area contributed by atoms with E-state index in [0.717, 1.165) is 0 Å². The molecule has 3 rings (SSSR count). The van der Waals surface area contributed by atoms with Gasteiger partial charge in [-0.05, 0) is 51.4 Å². The molecular formula is C34H57N3O6Si2. The molecular weight excluding hydrogens is 603 g/mol. The molecule has 1 fully saturated rings. The molecule has 0 aliphatic carbocycles. The first-order valence-electron chi connectivity index (χ1n) is 16.6. The molecule has 2 aromatic rings. The SMILES string of the molecule is CC(C)[Si](OC[C@H]1O[C@@H](n2ccc(NC(=O)c3ccccc3)nc2=O)[C@H](O[Si](C(C)C)(C(C)C)C(C)C)[C@@H]1O)(C(C)C)C(C)C. The summed E-state index contributed by atoms with van der Waals surface area (Å²) in [7, 11) is -4.76. The molecule has 0 saturated carbocycles. The second-order valence-corrected chi connectivity index (χ2v) is 25.3. The van der Waals surface area contributed by atoms with Crippen LogP contribution < -0.4 is 11.0 Å². The summed E-state index contributed by atoms with van der Waals surface area (Å²) in [4.78, 5) is 30.4. The summed E-state index contributed by atoms with van der Waals surface area (Å²) in [6.07, 6.45) is -1.85. The van der Waals surface area contributed by atoms with Gasteiger partial charge in [0.15, 0.2) is 14.5 Å². The molecule has 0 radical (unpaired) electrons. The minimum atomic E-state index is -2.50. The van der Waals surface area contributed by atoms with E-state index in [0.29, 0.717) is 22.2 Å². The topological polar surface area (TPSA) is 112 Å². The number of aliphatic hydroxyl groups excluding tert-OH is 1. The van der Waals surface area contributed by atoms with Crippen LogP contribution in [0.3, 0.4) is 0 Å². The van der Waals surface area contributed by atoms with E-state index in [1.165, 1.54) is 4.57 Å². The molecule has 1 aromatic carbocycles. The molecule has 1 aliphatic rings. The fourth-order valence-electron chi connectivity index (χ4n) is 8.03. The Hall–Kier alpha value is -2.16. The largest absolute Gasteiger partial charge is 0.413 e. The number of anilines is 1. The van der Waals surface area contributed by atoms with Gasteiger partial charge in [0.25, 0.3) is 5.91 Å². The van der Waals surface area contributed by atoms with E-state index in [1.54, 1.807) is 36.5 Å². The molecule has 4 atom stereocenters. The summed E-state index contributed by atoms with van der Waals surface area (Å²) < 4.78 is 21.9. The van der Waals surface area contributed by atoms with Gasteiger partial charge < -0.3 is 24.0 Å². The van der Waals surface area contributed by atoms with Crippen molar-refractivity contribution < 1.29 is 23.5 Å². The van der Waals surface area contributed by atoms with Crippen molar-refractivity contribution in [1.82, 2.24) is 9.55 Å². The van der Waals surface area contributed by atoms with Crippen LogP contribution in [0.4, 0.5) is 5.82 Å². The summed E-state index contributed by atoms with van der Waals surface area (Å²) in [5.74, 6) is -0.223. The first-order chi connectivity index (χ1) is 21.0. The Morgan fingerprint density at radius 1 is 0.867 bits per heavy atom. The number of aliphatic hydroxyl groups is 1. The lowest BCUT2D eigenvalue weighted by molar-refractivity contribution is -0.0521. The van der Waals surface area contributed by atoms with E-state index in [9.17, 15) is 14.7 Å². The molecule has 1 saturated heterocycles. The van der Waals surface area contributed by atoms with Gasteiger partial charge in [-0.2, -0.15) is 4.98 Å². The minimum Gasteiger partial charge on any atom is -0.413 e. The summed E-state index contributed by atoms with van der Waals surface area (Å²) >= 11 is 0. The summed E-state index contributed by atoms with van der Waals surface area (Å²) in [5, 5.41) is 14.6. The van der Waals surface area contributed by atoms with Gasteiger partial charge in [-0.1, -0.05) is 101 Å². The Morgan fingerprint density at radius 3 is 1.84 bits per heavy atom. The molecule has 0 unspecified atom stereocenters. The van der Waals surface area contributed by atoms with Crippen LogP contribution in [-0.4, -0.2) is 62.1 Å². The quantitative estimate of drug-likeness (QED) is 0.202. The third-order valence-corrected chi connectivity index (χ3v) is 22.1. The summed E-state index contributed by atoms with van der Waals surface area (Å²) in [6, 6.07) is 10.3. The van der Waals surface area contributed by atoms with E-state index in [1.807, 2.05) is 6.07 Å². The molecule has 1 aliphatic heterocycles. The number of hydrogen-bond donors (Lipinski definition) is 2.